The quantitative estimate of drug-likeness (QED) is 0.569. The molecule has 1 aliphatic rings. The number of nitrogens with one attached hydrogen (secondary N) is 1. The highest BCUT2D eigenvalue weighted by molar-refractivity contribution is 6.04. The Hall–Kier alpha value is -3.85. The van der Waals surface area contributed by atoms with Gasteiger partial charge in [-0.05, 0) is 73.2 Å². The van der Waals surface area contributed by atoms with E-state index in [4.69, 9.17) is 14.7 Å². The maximum atomic E-state index is 12.6. The predicted molar refractivity (Wildman–Crippen MR) is 117 cm³/mol. The molecule has 1 fully saturated rings. The van der Waals surface area contributed by atoms with Crippen LogP contribution in [-0.2, 0) is 6.61 Å². The molecule has 0 unspecified atom stereocenters. The molecular weight excluding hydrogens is 390 g/mol. The first-order valence-electron chi connectivity index (χ1n) is 10.2. The highest BCUT2D eigenvalue weighted by Crippen LogP contribution is 2.29. The maximum absolute atomic E-state index is 12.6. The van der Waals surface area contributed by atoms with Crippen molar-refractivity contribution in [1.82, 2.24) is 4.98 Å². The second kappa shape index (κ2) is 9.31. The van der Waals surface area contributed by atoms with Gasteiger partial charge in [-0.2, -0.15) is 5.26 Å². The molecule has 1 N–H and O–H groups in total. The Kier molecular flexibility index (Phi) is 6.13. The fourth-order valence-electron chi connectivity index (χ4n) is 3.05. The molecule has 4 rings (SSSR count). The van der Waals surface area contributed by atoms with Crippen molar-refractivity contribution in [2.75, 3.05) is 11.9 Å². The predicted octanol–water partition coefficient (Wildman–Crippen LogP) is 4.88. The lowest BCUT2D eigenvalue weighted by Gasteiger charge is -2.12. The van der Waals surface area contributed by atoms with Gasteiger partial charge < -0.3 is 14.8 Å². The van der Waals surface area contributed by atoms with Crippen molar-refractivity contribution in [1.29, 1.82) is 5.26 Å². The number of hydrogen-bond donors (Lipinski definition) is 1. The van der Waals surface area contributed by atoms with Gasteiger partial charge >= 0.3 is 0 Å². The summed E-state index contributed by atoms with van der Waals surface area (Å²) in [7, 11) is 0. The summed E-state index contributed by atoms with van der Waals surface area (Å²) in [4.78, 5) is 16.8. The van der Waals surface area contributed by atoms with Crippen LogP contribution in [-0.4, -0.2) is 17.5 Å². The Balaban J connectivity index is 1.34. The van der Waals surface area contributed by atoms with Gasteiger partial charge in [-0.15, -0.1) is 0 Å². The number of anilines is 1. The molecule has 0 aliphatic heterocycles. The second-order valence-corrected chi connectivity index (χ2v) is 7.67. The Morgan fingerprint density at radius 3 is 2.74 bits per heavy atom. The Labute approximate surface area is 181 Å². The molecule has 1 heterocycles. The van der Waals surface area contributed by atoms with Gasteiger partial charge in [-0.3, -0.25) is 4.79 Å². The van der Waals surface area contributed by atoms with E-state index in [0.717, 1.165) is 11.1 Å². The molecule has 31 heavy (non-hydrogen) atoms. The third kappa shape index (κ3) is 5.61. The summed E-state index contributed by atoms with van der Waals surface area (Å²) < 4.78 is 11.4. The molecular formula is C25H23N3O3. The summed E-state index contributed by atoms with van der Waals surface area (Å²) in [6.45, 7) is 2.96. The van der Waals surface area contributed by atoms with E-state index in [-0.39, 0.29) is 5.91 Å². The van der Waals surface area contributed by atoms with E-state index in [2.05, 4.69) is 16.4 Å². The van der Waals surface area contributed by atoms with Gasteiger partial charge in [0.05, 0.1) is 23.8 Å². The average Bonchev–Trinajstić information content (AvgIpc) is 3.63. The van der Waals surface area contributed by atoms with E-state index in [1.54, 1.807) is 24.3 Å². The topological polar surface area (TPSA) is 84.2 Å². The number of nitrogens with zero attached hydrogens (tertiary/aromatic N) is 2. The minimum Gasteiger partial charge on any atom is -0.489 e. The molecule has 156 valence electrons. The van der Waals surface area contributed by atoms with Crippen LogP contribution in [0.15, 0.2) is 60.8 Å². The monoisotopic (exact) mass is 413 g/mol. The van der Waals surface area contributed by atoms with E-state index >= 15 is 0 Å². The summed E-state index contributed by atoms with van der Waals surface area (Å²) in [5.74, 6) is 1.66. The number of benzene rings is 2. The van der Waals surface area contributed by atoms with E-state index in [0.29, 0.717) is 47.6 Å². The van der Waals surface area contributed by atoms with E-state index in [1.165, 1.54) is 19.0 Å². The van der Waals surface area contributed by atoms with Gasteiger partial charge in [0.2, 0.25) is 5.88 Å². The molecule has 6 heteroatoms. The third-order valence-corrected chi connectivity index (χ3v) is 5.07. The van der Waals surface area contributed by atoms with Crippen molar-refractivity contribution < 1.29 is 14.3 Å². The fraction of sp³-hybridized carbons (Fsp3) is 0.240. The number of carbonyl (C=O) groups is 1. The zero-order chi connectivity index (χ0) is 21.6. The number of aryl methyl sites for hydroxylation is 1. The van der Waals surface area contributed by atoms with Crippen LogP contribution in [0.1, 0.15) is 39.9 Å². The normalized spacial score (nSPS) is 12.6. The van der Waals surface area contributed by atoms with Gasteiger partial charge in [0.15, 0.2) is 0 Å². The van der Waals surface area contributed by atoms with E-state index in [9.17, 15) is 4.79 Å². The SMILES string of the molecule is Cc1cc(OCc2cccc(C#N)c2)ccc1NC(=O)c1ccc(OCC2CC2)nc1. The van der Waals surface area contributed by atoms with Crippen LogP contribution in [0, 0.1) is 24.2 Å². The zero-order valence-electron chi connectivity index (χ0n) is 17.3. The largest absolute Gasteiger partial charge is 0.489 e. The highest BCUT2D eigenvalue weighted by Gasteiger charge is 2.22. The summed E-state index contributed by atoms with van der Waals surface area (Å²) in [6, 6.07) is 18.4. The molecule has 2 aromatic carbocycles. The van der Waals surface area contributed by atoms with Gasteiger partial charge in [-0.25, -0.2) is 4.98 Å². The minimum absolute atomic E-state index is 0.230. The molecule has 0 atom stereocenters. The summed E-state index contributed by atoms with van der Waals surface area (Å²) >= 11 is 0. The number of rotatable bonds is 8. The number of nitriles is 1. The van der Waals surface area contributed by atoms with Crippen LogP contribution >= 0.6 is 0 Å². The smallest absolute Gasteiger partial charge is 0.257 e. The molecule has 0 bridgehead atoms. The average molecular weight is 413 g/mol. The Morgan fingerprint density at radius 2 is 2.03 bits per heavy atom. The summed E-state index contributed by atoms with van der Waals surface area (Å²) in [6.07, 6.45) is 3.97. The van der Waals surface area contributed by atoms with Crippen LogP contribution in [0.25, 0.3) is 0 Å². The van der Waals surface area contributed by atoms with Crippen LogP contribution in [0.2, 0.25) is 0 Å². The summed E-state index contributed by atoms with van der Waals surface area (Å²) in [5.41, 5.74) is 3.58. The number of ether oxygens (including phenoxy) is 2. The van der Waals surface area contributed by atoms with Crippen molar-refractivity contribution in [2.24, 2.45) is 5.92 Å². The van der Waals surface area contributed by atoms with Crippen LogP contribution in [0.3, 0.4) is 0 Å². The molecule has 1 saturated carbocycles. The third-order valence-electron chi connectivity index (χ3n) is 5.07. The van der Waals surface area contributed by atoms with Gasteiger partial charge in [0.25, 0.3) is 5.91 Å². The highest BCUT2D eigenvalue weighted by atomic mass is 16.5. The molecule has 0 radical (unpaired) electrons. The number of hydrogen-bond acceptors (Lipinski definition) is 5. The van der Waals surface area contributed by atoms with Gasteiger partial charge in [-0.1, -0.05) is 12.1 Å². The lowest BCUT2D eigenvalue weighted by Crippen LogP contribution is -2.13. The number of aromatic nitrogens is 1. The van der Waals surface area contributed by atoms with Crippen LogP contribution in [0.5, 0.6) is 11.6 Å². The van der Waals surface area contributed by atoms with Crippen LogP contribution < -0.4 is 14.8 Å². The second-order valence-electron chi connectivity index (χ2n) is 7.67. The summed E-state index contributed by atoms with van der Waals surface area (Å²) in [5, 5.41) is 11.9. The van der Waals surface area contributed by atoms with E-state index < -0.39 is 0 Å². The molecule has 3 aromatic rings. The molecule has 6 nitrogen and oxygen atoms in total. The first-order chi connectivity index (χ1) is 15.1. The van der Waals surface area contributed by atoms with Gasteiger partial charge in [0.1, 0.15) is 12.4 Å². The first kappa shape index (κ1) is 20.4. The standard InChI is InChI=1S/C25H23N3O3/c1-17-11-22(30-16-20-4-2-3-19(12-20)13-26)8-9-23(17)28-25(29)21-7-10-24(27-14-21)31-15-18-5-6-18/h2-4,7-12,14,18H,5-6,15-16H2,1H3,(H,28,29). The minimum atomic E-state index is -0.230. The number of pyridine rings is 1. The molecule has 1 amide bonds. The zero-order valence-corrected chi connectivity index (χ0v) is 17.3. The molecule has 0 spiro atoms. The van der Waals surface area contributed by atoms with Crippen molar-refractivity contribution >= 4 is 11.6 Å². The number of amides is 1. The Bertz CT molecular complexity index is 1120. The van der Waals surface area contributed by atoms with Crippen LogP contribution in [0.4, 0.5) is 5.69 Å². The Morgan fingerprint density at radius 1 is 1.16 bits per heavy atom. The fourth-order valence-corrected chi connectivity index (χ4v) is 3.05. The van der Waals surface area contributed by atoms with E-state index in [1.807, 2.05) is 37.3 Å². The number of carbonyl (C=O) groups excluding carboxylic acids is 1. The first-order valence-corrected chi connectivity index (χ1v) is 10.2. The van der Waals surface area contributed by atoms with Crippen molar-refractivity contribution in [2.45, 2.75) is 26.4 Å². The molecule has 0 saturated heterocycles. The maximum Gasteiger partial charge on any atom is 0.257 e. The van der Waals surface area contributed by atoms with Gasteiger partial charge in [0, 0.05) is 18.0 Å². The lowest BCUT2D eigenvalue weighted by molar-refractivity contribution is 0.102. The van der Waals surface area contributed by atoms with Crippen molar-refractivity contribution in [3.63, 3.8) is 0 Å². The van der Waals surface area contributed by atoms with Crippen molar-refractivity contribution in [3.8, 4) is 17.7 Å². The molecule has 1 aliphatic carbocycles. The lowest BCUT2D eigenvalue weighted by atomic mass is 10.1. The molecule has 1 aromatic heterocycles. The van der Waals surface area contributed by atoms with Crippen molar-refractivity contribution in [3.05, 3.63) is 83.0 Å².